The van der Waals surface area contributed by atoms with Gasteiger partial charge in [0.2, 0.25) is 5.91 Å². The van der Waals surface area contributed by atoms with Gasteiger partial charge in [-0.15, -0.1) is 0 Å². The summed E-state index contributed by atoms with van der Waals surface area (Å²) in [6.45, 7) is 4.38. The van der Waals surface area contributed by atoms with E-state index in [2.05, 4.69) is 26.6 Å². The molecule has 1 aliphatic rings. The van der Waals surface area contributed by atoms with E-state index in [0.717, 1.165) is 11.0 Å². The maximum Gasteiger partial charge on any atom is 0.250 e. The van der Waals surface area contributed by atoms with Gasteiger partial charge >= 0.3 is 0 Å². The van der Waals surface area contributed by atoms with Gasteiger partial charge in [0.25, 0.3) is 5.91 Å². The first-order valence-corrected chi connectivity index (χ1v) is 7.68. The fourth-order valence-electron chi connectivity index (χ4n) is 2.47. The summed E-state index contributed by atoms with van der Waals surface area (Å²) in [6.07, 6.45) is 0. The van der Waals surface area contributed by atoms with E-state index >= 15 is 0 Å². The Morgan fingerprint density at radius 2 is 2.29 bits per heavy atom. The number of hydrogen-bond donors (Lipinski definition) is 3. The molecule has 2 rings (SSSR count). The molecule has 0 aromatic heterocycles. The van der Waals surface area contributed by atoms with Crippen molar-refractivity contribution in [1.82, 2.24) is 10.6 Å². The highest BCUT2D eigenvalue weighted by Crippen LogP contribution is 2.27. The zero-order valence-electron chi connectivity index (χ0n) is 11.9. The Kier molecular flexibility index (Phi) is 5.19. The fraction of sp³-hybridized carbons (Fsp3) is 0.429. The monoisotopic (exact) mass is 354 g/mol. The summed E-state index contributed by atoms with van der Waals surface area (Å²) in [5.41, 5.74) is 6.57. The zero-order chi connectivity index (χ0) is 15.4. The van der Waals surface area contributed by atoms with Gasteiger partial charge in [-0.3, -0.25) is 9.59 Å². The second-order valence-corrected chi connectivity index (χ2v) is 5.75. The number of halogens is 1. The maximum absolute atomic E-state index is 12.2. The summed E-state index contributed by atoms with van der Waals surface area (Å²) in [4.78, 5) is 25.8. The van der Waals surface area contributed by atoms with Crippen LogP contribution in [0, 0.1) is 0 Å². The fourth-order valence-corrected chi connectivity index (χ4v) is 2.82. The minimum absolute atomic E-state index is 0.0555. The molecule has 6 nitrogen and oxygen atoms in total. The Bertz CT molecular complexity index is 550. The third kappa shape index (κ3) is 3.54. The van der Waals surface area contributed by atoms with Crippen LogP contribution in [0.1, 0.15) is 17.3 Å². The lowest BCUT2D eigenvalue weighted by Gasteiger charge is -2.37. The predicted molar refractivity (Wildman–Crippen MR) is 85.3 cm³/mol. The van der Waals surface area contributed by atoms with Gasteiger partial charge in [-0.05, 0) is 25.1 Å². The van der Waals surface area contributed by atoms with Gasteiger partial charge < -0.3 is 21.3 Å². The number of benzene rings is 1. The Labute approximate surface area is 132 Å². The van der Waals surface area contributed by atoms with Crippen LogP contribution in [-0.2, 0) is 4.79 Å². The summed E-state index contributed by atoms with van der Waals surface area (Å²) in [5, 5.41) is 6.04. The van der Waals surface area contributed by atoms with Crippen LogP contribution in [-0.4, -0.2) is 44.0 Å². The van der Waals surface area contributed by atoms with Crippen molar-refractivity contribution >= 4 is 33.4 Å². The van der Waals surface area contributed by atoms with Gasteiger partial charge in [-0.25, -0.2) is 0 Å². The number of nitrogens with zero attached hydrogens (tertiary/aromatic N) is 1. The van der Waals surface area contributed by atoms with Gasteiger partial charge in [-0.2, -0.15) is 0 Å². The van der Waals surface area contributed by atoms with Crippen molar-refractivity contribution < 1.29 is 9.59 Å². The van der Waals surface area contributed by atoms with Crippen LogP contribution < -0.4 is 21.3 Å². The van der Waals surface area contributed by atoms with E-state index in [1.807, 2.05) is 17.9 Å². The molecule has 1 aromatic rings. The van der Waals surface area contributed by atoms with E-state index in [1.54, 1.807) is 12.1 Å². The van der Waals surface area contributed by atoms with Crippen molar-refractivity contribution in [3.8, 4) is 0 Å². The number of likely N-dealkylation sites (N-methyl/N-ethyl adjacent to an activating group) is 1. The summed E-state index contributed by atoms with van der Waals surface area (Å²) < 4.78 is 0.843. The maximum atomic E-state index is 12.2. The topological polar surface area (TPSA) is 87.5 Å². The van der Waals surface area contributed by atoms with Gasteiger partial charge in [-0.1, -0.05) is 15.9 Å². The quantitative estimate of drug-likeness (QED) is 0.733. The van der Waals surface area contributed by atoms with E-state index in [0.29, 0.717) is 30.9 Å². The van der Waals surface area contributed by atoms with Gasteiger partial charge in [0.05, 0.1) is 11.3 Å². The van der Waals surface area contributed by atoms with E-state index in [-0.39, 0.29) is 11.9 Å². The summed E-state index contributed by atoms with van der Waals surface area (Å²) >= 11 is 3.40. The smallest absolute Gasteiger partial charge is 0.250 e. The van der Waals surface area contributed by atoms with Crippen LogP contribution in [0.2, 0.25) is 0 Å². The minimum Gasteiger partial charge on any atom is -0.366 e. The van der Waals surface area contributed by atoms with Gasteiger partial charge in [0.1, 0.15) is 6.04 Å². The van der Waals surface area contributed by atoms with Crippen molar-refractivity contribution in [1.29, 1.82) is 0 Å². The van der Waals surface area contributed by atoms with Gasteiger partial charge in [0.15, 0.2) is 0 Å². The Morgan fingerprint density at radius 1 is 1.52 bits per heavy atom. The highest BCUT2D eigenvalue weighted by molar-refractivity contribution is 9.10. The van der Waals surface area contributed by atoms with Gasteiger partial charge in [0, 0.05) is 30.7 Å². The van der Waals surface area contributed by atoms with E-state index in [1.165, 1.54) is 0 Å². The van der Waals surface area contributed by atoms with Crippen LogP contribution in [0.4, 0.5) is 5.69 Å². The Hall–Kier alpha value is -1.60. The first-order chi connectivity index (χ1) is 10.0. The number of carbonyl (C=O) groups excluding carboxylic acids is 2. The number of primary amides is 1. The predicted octanol–water partition coefficient (Wildman–Crippen LogP) is 0.462. The molecule has 1 heterocycles. The molecular formula is C14H19BrN4O2. The number of rotatable bonds is 4. The minimum atomic E-state index is -0.495. The number of amides is 2. The van der Waals surface area contributed by atoms with Crippen molar-refractivity contribution in [3.05, 3.63) is 28.2 Å². The molecule has 0 spiro atoms. The lowest BCUT2D eigenvalue weighted by Crippen LogP contribution is -2.58. The summed E-state index contributed by atoms with van der Waals surface area (Å²) in [6, 6.07) is 4.93. The Morgan fingerprint density at radius 3 is 2.95 bits per heavy atom. The molecule has 1 aromatic carbocycles. The lowest BCUT2D eigenvalue weighted by molar-refractivity contribution is -0.122. The molecule has 1 fully saturated rings. The summed E-state index contributed by atoms with van der Waals surface area (Å²) in [7, 11) is 0. The van der Waals surface area contributed by atoms with Crippen LogP contribution in [0.15, 0.2) is 22.7 Å². The molecule has 4 N–H and O–H groups in total. The highest BCUT2D eigenvalue weighted by Gasteiger charge is 2.30. The average molecular weight is 355 g/mol. The highest BCUT2D eigenvalue weighted by atomic mass is 79.9. The SMILES string of the molecule is CCNC(=O)C1CNCCN1c1cc(Br)ccc1C(N)=O. The molecule has 1 saturated heterocycles. The number of nitrogens with two attached hydrogens (primary N) is 1. The van der Waals surface area contributed by atoms with E-state index < -0.39 is 5.91 Å². The number of piperazine rings is 1. The zero-order valence-corrected chi connectivity index (χ0v) is 13.4. The van der Waals surface area contributed by atoms with Crippen molar-refractivity contribution in [3.63, 3.8) is 0 Å². The summed E-state index contributed by atoms with van der Waals surface area (Å²) in [5.74, 6) is -0.550. The van der Waals surface area contributed by atoms with Crippen LogP contribution in [0.25, 0.3) is 0 Å². The molecule has 0 saturated carbocycles. The largest absolute Gasteiger partial charge is 0.366 e. The molecule has 0 aliphatic carbocycles. The molecule has 0 radical (unpaired) electrons. The third-order valence-corrected chi connectivity index (χ3v) is 3.92. The molecule has 1 atom stereocenters. The molecule has 0 bridgehead atoms. The van der Waals surface area contributed by atoms with E-state index in [9.17, 15) is 9.59 Å². The molecule has 114 valence electrons. The number of carbonyl (C=O) groups is 2. The average Bonchev–Trinajstić information content (AvgIpc) is 2.47. The second kappa shape index (κ2) is 6.91. The van der Waals surface area contributed by atoms with Crippen LogP contribution in [0.3, 0.4) is 0 Å². The molecule has 21 heavy (non-hydrogen) atoms. The number of anilines is 1. The number of hydrogen-bond acceptors (Lipinski definition) is 4. The van der Waals surface area contributed by atoms with Crippen LogP contribution >= 0.6 is 15.9 Å². The Balaban J connectivity index is 2.39. The van der Waals surface area contributed by atoms with Crippen molar-refractivity contribution in [2.45, 2.75) is 13.0 Å². The molecule has 1 unspecified atom stereocenters. The van der Waals surface area contributed by atoms with Crippen molar-refractivity contribution in [2.24, 2.45) is 5.73 Å². The third-order valence-electron chi connectivity index (χ3n) is 3.43. The standard InChI is InChI=1S/C14H19BrN4O2/c1-2-18-14(21)12-8-17-5-6-19(12)11-7-9(15)3-4-10(11)13(16)20/h3-4,7,12,17H,2,5-6,8H2,1H3,(H2,16,20)(H,18,21). The first kappa shape index (κ1) is 15.8. The molecule has 7 heteroatoms. The number of nitrogens with one attached hydrogen (secondary N) is 2. The normalized spacial score (nSPS) is 18.4. The molecule has 1 aliphatic heterocycles. The lowest BCUT2D eigenvalue weighted by atomic mass is 10.1. The van der Waals surface area contributed by atoms with E-state index in [4.69, 9.17) is 5.73 Å². The van der Waals surface area contributed by atoms with Crippen molar-refractivity contribution in [2.75, 3.05) is 31.1 Å². The van der Waals surface area contributed by atoms with Crippen LogP contribution in [0.5, 0.6) is 0 Å². The molecule has 2 amide bonds. The second-order valence-electron chi connectivity index (χ2n) is 4.83. The molecular weight excluding hydrogens is 336 g/mol. The first-order valence-electron chi connectivity index (χ1n) is 6.89.